The highest BCUT2D eigenvalue weighted by molar-refractivity contribution is 7.80. The predicted octanol–water partition coefficient (Wildman–Crippen LogP) is 7.26. The summed E-state index contributed by atoms with van der Waals surface area (Å²) in [4.78, 5) is 13.3. The lowest BCUT2D eigenvalue weighted by molar-refractivity contribution is -0.180. The summed E-state index contributed by atoms with van der Waals surface area (Å²) >= 11 is 11.9. The van der Waals surface area contributed by atoms with Gasteiger partial charge in [-0.05, 0) is 113 Å². The fourth-order valence-electron chi connectivity index (χ4n) is 9.41. The fraction of sp³-hybridized carbons (Fsp3) is 0.633. The molecule has 1 spiro atoms. The van der Waals surface area contributed by atoms with Crippen molar-refractivity contribution in [3.63, 3.8) is 0 Å². The van der Waals surface area contributed by atoms with Crippen LogP contribution in [0.15, 0.2) is 30.5 Å². The van der Waals surface area contributed by atoms with E-state index in [-0.39, 0.29) is 27.6 Å². The third kappa shape index (κ3) is 3.57. The summed E-state index contributed by atoms with van der Waals surface area (Å²) in [5, 5.41) is 9.74. The van der Waals surface area contributed by atoms with Crippen molar-refractivity contribution < 1.29 is 9.53 Å². The van der Waals surface area contributed by atoms with Crippen molar-refractivity contribution >= 4 is 40.6 Å². The number of carbonyl (C=O) groups is 1. The highest BCUT2D eigenvalue weighted by Crippen LogP contribution is 2.72. The van der Waals surface area contributed by atoms with Crippen LogP contribution in [0.1, 0.15) is 90.3 Å². The molecule has 1 aromatic heterocycles. The molecule has 5 nitrogen and oxygen atoms in total. The Morgan fingerprint density at radius 3 is 2.59 bits per heavy atom. The Morgan fingerprint density at radius 2 is 1.86 bits per heavy atom. The van der Waals surface area contributed by atoms with Crippen molar-refractivity contribution in [1.29, 1.82) is 0 Å². The summed E-state index contributed by atoms with van der Waals surface area (Å²) in [5.41, 5.74) is 3.46. The van der Waals surface area contributed by atoms with E-state index in [4.69, 9.17) is 33.7 Å². The zero-order chi connectivity index (χ0) is 26.2. The highest BCUT2D eigenvalue weighted by Gasteiger charge is 2.68. The van der Waals surface area contributed by atoms with Crippen molar-refractivity contribution in [1.82, 2.24) is 9.78 Å². The van der Waals surface area contributed by atoms with Crippen LogP contribution in [0.5, 0.6) is 0 Å². The van der Waals surface area contributed by atoms with E-state index in [1.165, 1.54) is 30.5 Å². The van der Waals surface area contributed by atoms with Crippen LogP contribution < -0.4 is 5.32 Å². The summed E-state index contributed by atoms with van der Waals surface area (Å²) in [5.74, 6) is 0.915. The van der Waals surface area contributed by atoms with Crippen LogP contribution in [0.2, 0.25) is 5.02 Å². The first-order valence-corrected chi connectivity index (χ1v) is 14.7. The first-order chi connectivity index (χ1) is 17.6. The molecule has 198 valence electrons. The molecule has 0 radical (unpaired) electrons. The summed E-state index contributed by atoms with van der Waals surface area (Å²) in [6, 6.07) is 7.58. The molecule has 0 unspecified atom stereocenters. The highest BCUT2D eigenvalue weighted by atomic mass is 35.5. The number of nitrogens with zero attached hydrogens (tertiary/aromatic N) is 2. The number of rotatable bonds is 3. The lowest BCUT2D eigenvalue weighted by atomic mass is 9.40. The number of aromatic nitrogens is 2. The van der Waals surface area contributed by atoms with Crippen molar-refractivity contribution in [2.24, 2.45) is 22.7 Å². The van der Waals surface area contributed by atoms with Gasteiger partial charge in [0.25, 0.3) is 0 Å². The van der Waals surface area contributed by atoms with Crippen molar-refractivity contribution in [2.45, 2.75) is 89.9 Å². The lowest BCUT2D eigenvalue weighted by Crippen LogP contribution is -2.60. The Kier molecular flexibility index (Phi) is 5.85. The van der Waals surface area contributed by atoms with Crippen molar-refractivity contribution in [3.05, 3.63) is 46.7 Å². The van der Waals surface area contributed by atoms with E-state index in [0.717, 1.165) is 37.8 Å². The normalized spacial score (nSPS) is 37.8. The van der Waals surface area contributed by atoms with Crippen LogP contribution in [-0.4, -0.2) is 27.5 Å². The number of nitrogens with one attached hydrogen (secondary N) is 1. The van der Waals surface area contributed by atoms with Gasteiger partial charge < -0.3 is 10.1 Å². The van der Waals surface area contributed by atoms with E-state index >= 15 is 0 Å². The third-order valence-corrected chi connectivity index (χ3v) is 11.4. The third-order valence-electron chi connectivity index (χ3n) is 10.9. The molecule has 1 heterocycles. The number of thiocarbonyl (C=S) groups is 1. The van der Waals surface area contributed by atoms with Crippen molar-refractivity contribution in [3.8, 4) is 0 Å². The molecule has 1 aromatic carbocycles. The van der Waals surface area contributed by atoms with E-state index < -0.39 is 0 Å². The number of anilines is 1. The van der Waals surface area contributed by atoms with E-state index in [1.807, 2.05) is 35.9 Å². The second-order valence-corrected chi connectivity index (χ2v) is 13.7. The van der Waals surface area contributed by atoms with Gasteiger partial charge in [0, 0.05) is 33.3 Å². The summed E-state index contributed by atoms with van der Waals surface area (Å²) < 4.78 is 7.53. The largest absolute Gasteiger partial charge is 0.466 e. The molecule has 0 aliphatic heterocycles. The molecule has 3 fully saturated rings. The first kappa shape index (κ1) is 25.4. The van der Waals surface area contributed by atoms with Gasteiger partial charge in [0.05, 0.1) is 17.7 Å². The van der Waals surface area contributed by atoms with Gasteiger partial charge in [-0.3, -0.25) is 4.79 Å². The predicted molar refractivity (Wildman–Crippen MR) is 151 cm³/mol. The minimum Gasteiger partial charge on any atom is -0.466 e. The second kappa shape index (κ2) is 8.54. The monoisotopic (exact) mass is 539 g/mol. The summed E-state index contributed by atoms with van der Waals surface area (Å²) in [6.45, 7) is 9.47. The number of ether oxygens (including phenoxy) is 1. The average Bonchev–Trinajstić information content (AvgIpc) is 3.38. The summed E-state index contributed by atoms with van der Waals surface area (Å²) in [7, 11) is 0. The number of benzene rings is 1. The number of halogens is 1. The Labute approximate surface area is 230 Å². The van der Waals surface area contributed by atoms with Gasteiger partial charge >= 0.3 is 5.97 Å². The molecule has 4 aliphatic rings. The second-order valence-electron chi connectivity index (χ2n) is 12.8. The maximum atomic E-state index is 13.3. The van der Waals surface area contributed by atoms with Crippen LogP contribution in [-0.2, 0) is 20.4 Å². The Balaban J connectivity index is 1.35. The number of fused-ring (bicyclic) bond motifs is 5. The number of esters is 1. The zero-order valence-corrected chi connectivity index (χ0v) is 24.0. The maximum absolute atomic E-state index is 13.3. The zero-order valence-electron chi connectivity index (χ0n) is 22.4. The molecule has 7 heteroatoms. The van der Waals surface area contributed by atoms with E-state index in [0.29, 0.717) is 28.6 Å². The Hall–Kier alpha value is -1.92. The molecule has 3 saturated carbocycles. The topological polar surface area (TPSA) is 56.1 Å². The molecule has 0 saturated heterocycles. The van der Waals surface area contributed by atoms with Crippen molar-refractivity contribution in [2.75, 3.05) is 11.9 Å². The van der Waals surface area contributed by atoms with Crippen LogP contribution in [0.25, 0.3) is 0 Å². The molecule has 2 aromatic rings. The Bertz CT molecular complexity index is 1260. The molecule has 2 bridgehead atoms. The van der Waals surface area contributed by atoms with Crippen LogP contribution in [0, 0.1) is 22.7 Å². The molecule has 37 heavy (non-hydrogen) atoms. The SMILES string of the molecule is CCOC(=O)[C@]1(C)CCC[C@@]2(C)[C@@H]3CC[C@@]4(C)C[C@]3(CC[C@@H]21)c1cn(C(=S)Nc2ccc(Cl)cc2)nc14. The number of hydrogen-bond donors (Lipinski definition) is 1. The van der Waals surface area contributed by atoms with E-state index in [1.54, 1.807) is 0 Å². The lowest BCUT2D eigenvalue weighted by Gasteiger charge is -2.64. The molecule has 1 N–H and O–H groups in total. The van der Waals surface area contributed by atoms with Gasteiger partial charge in [0.15, 0.2) is 5.11 Å². The van der Waals surface area contributed by atoms with Gasteiger partial charge in [-0.25, -0.2) is 4.68 Å². The van der Waals surface area contributed by atoms with Gasteiger partial charge in [-0.15, -0.1) is 0 Å². The number of carbonyl (C=O) groups excluding carboxylic acids is 1. The Morgan fingerprint density at radius 1 is 1.14 bits per heavy atom. The maximum Gasteiger partial charge on any atom is 0.312 e. The van der Waals surface area contributed by atoms with Crippen LogP contribution in [0.3, 0.4) is 0 Å². The quantitative estimate of drug-likeness (QED) is 0.328. The minimum absolute atomic E-state index is 0.0149. The van der Waals surface area contributed by atoms with Crippen LogP contribution in [0.4, 0.5) is 5.69 Å². The van der Waals surface area contributed by atoms with E-state index in [2.05, 4.69) is 32.3 Å². The molecule has 6 rings (SSSR count). The van der Waals surface area contributed by atoms with Gasteiger partial charge in [0.2, 0.25) is 0 Å². The van der Waals surface area contributed by atoms with Gasteiger partial charge in [-0.2, -0.15) is 5.10 Å². The van der Waals surface area contributed by atoms with E-state index in [9.17, 15) is 4.79 Å². The standard InChI is InChI=1S/C30H38ClN3O2S/c1-5-36-25(35)29(4)14-6-13-28(3)22(29)12-16-30-18-27(2,15-11-23(28)30)24-21(30)17-34(33-24)26(37)32-20-9-7-19(31)8-10-20/h7-10,17,22-23H,5-6,11-16,18H2,1-4H3,(H,32,37)/t22-,23-,27-,28+,29+,30+/m0/s1. The molecular weight excluding hydrogens is 502 g/mol. The fourth-order valence-corrected chi connectivity index (χ4v) is 9.75. The minimum atomic E-state index is -0.388. The van der Waals surface area contributed by atoms with Crippen LogP contribution >= 0.6 is 23.8 Å². The summed E-state index contributed by atoms with van der Waals surface area (Å²) in [6.07, 6.45) is 11.1. The van der Waals surface area contributed by atoms with Gasteiger partial charge in [-0.1, -0.05) is 31.9 Å². The number of hydrogen-bond acceptors (Lipinski definition) is 4. The molecule has 4 aliphatic carbocycles. The molecular formula is C30H38ClN3O2S. The smallest absolute Gasteiger partial charge is 0.312 e. The molecule has 6 atom stereocenters. The average molecular weight is 540 g/mol. The first-order valence-electron chi connectivity index (χ1n) is 13.9. The molecule has 0 amide bonds. The van der Waals surface area contributed by atoms with Gasteiger partial charge in [0.1, 0.15) is 0 Å².